The Hall–Kier alpha value is -5.91. The van der Waals surface area contributed by atoms with E-state index in [1.165, 1.54) is 89.7 Å². The maximum absolute atomic E-state index is 15.2. The highest BCUT2D eigenvalue weighted by atomic mass is 16.3. The average molecular weight is 1230 g/mol. The summed E-state index contributed by atoms with van der Waals surface area (Å²) in [6, 6.07) is -14.2. The number of nitrogens with zero attached hydrogens (tertiary/aromatic N) is 7. The molecule has 0 aliphatic carbocycles. The standard InChI is InChI=1S/C63H115N11O13/c1-26-28-29-39(13)50(76)49-54(79)66-43(27-2)58(83)68(19)42(16)57(82)74(25)51(63(17,18)33-75)55(80)67-47(37(9)10)61(86)69(20)44(30-34(3)4)53(78)64-40(14)52(77)65-41(15)56(81)70(21)45(31-35(5)6)59(84)71(22)46(32-36(7)8)60(85)72(23)48(38(11)12)62(87)73(49)24/h34-51,75-76H,26-33H2,1-25H3,(H,64,78)(H,65,77)(H,66,79)(H,67,80)/t39-,40+,41-,42-,43+,44+,45+,46+,47+,48+,49+,50-,51-/m1/s1. The molecule has 1 aliphatic heterocycles. The van der Waals surface area contributed by atoms with Crippen LogP contribution in [0.4, 0.5) is 0 Å². The molecule has 1 aliphatic rings. The normalized spacial score (nSPS) is 27.5. The van der Waals surface area contributed by atoms with E-state index < -0.39 is 167 Å². The van der Waals surface area contributed by atoms with E-state index in [1.54, 1.807) is 55.4 Å². The molecule has 1 saturated heterocycles. The zero-order chi connectivity index (χ0) is 67.8. The Morgan fingerprint density at radius 2 is 0.908 bits per heavy atom. The van der Waals surface area contributed by atoms with Crippen LogP contribution in [-0.4, -0.2) is 238 Å². The van der Waals surface area contributed by atoms with Gasteiger partial charge in [0.15, 0.2) is 0 Å². The van der Waals surface area contributed by atoms with Gasteiger partial charge in [-0.2, -0.15) is 0 Å². The summed E-state index contributed by atoms with van der Waals surface area (Å²) in [4.78, 5) is 170. The first-order chi connectivity index (χ1) is 40.0. The van der Waals surface area contributed by atoms with Crippen molar-refractivity contribution in [1.29, 1.82) is 0 Å². The molecule has 0 radical (unpaired) electrons. The Labute approximate surface area is 520 Å². The number of aliphatic hydroxyl groups is 2. The van der Waals surface area contributed by atoms with Gasteiger partial charge in [-0.3, -0.25) is 52.7 Å². The second kappa shape index (κ2) is 34.7. The fourth-order valence-electron chi connectivity index (χ4n) is 11.3. The summed E-state index contributed by atoms with van der Waals surface area (Å²) < 4.78 is 0. The zero-order valence-corrected chi connectivity index (χ0v) is 57.6. The van der Waals surface area contributed by atoms with Gasteiger partial charge < -0.3 is 65.8 Å². The van der Waals surface area contributed by atoms with Crippen LogP contribution < -0.4 is 21.3 Å². The van der Waals surface area contributed by atoms with Crippen LogP contribution in [0.1, 0.15) is 170 Å². The molecule has 11 amide bonds. The minimum atomic E-state index is -1.61. The average Bonchev–Trinajstić information content (AvgIpc) is 1.40. The lowest BCUT2D eigenvalue weighted by molar-refractivity contribution is -0.157. The number of hydrogen-bond acceptors (Lipinski definition) is 13. The summed E-state index contributed by atoms with van der Waals surface area (Å²) in [6.07, 6.45) is 0.843. The van der Waals surface area contributed by atoms with Gasteiger partial charge in [0, 0.05) is 54.7 Å². The van der Waals surface area contributed by atoms with E-state index in [2.05, 4.69) is 21.3 Å². The van der Waals surface area contributed by atoms with Gasteiger partial charge >= 0.3 is 0 Å². The predicted octanol–water partition coefficient (Wildman–Crippen LogP) is 2.85. The van der Waals surface area contributed by atoms with Crippen molar-refractivity contribution in [3.63, 3.8) is 0 Å². The summed E-state index contributed by atoms with van der Waals surface area (Å²) in [5, 5.41) is 33.8. The summed E-state index contributed by atoms with van der Waals surface area (Å²) in [7, 11) is 9.77. The molecular weight excluding hydrogens is 1120 g/mol. The summed E-state index contributed by atoms with van der Waals surface area (Å²) in [6.45, 7) is 30.1. The van der Waals surface area contributed by atoms with Gasteiger partial charge in [0.1, 0.15) is 66.5 Å². The van der Waals surface area contributed by atoms with Crippen LogP contribution >= 0.6 is 0 Å². The molecule has 24 heteroatoms. The first-order valence-electron chi connectivity index (χ1n) is 31.4. The summed E-state index contributed by atoms with van der Waals surface area (Å²) in [5.74, 6) is -10.1. The van der Waals surface area contributed by atoms with Gasteiger partial charge in [-0.25, -0.2) is 0 Å². The molecule has 6 N–H and O–H groups in total. The highest BCUT2D eigenvalue weighted by molar-refractivity contribution is 6.00. The van der Waals surface area contributed by atoms with Crippen LogP contribution in [0.25, 0.3) is 0 Å². The number of rotatable bonds is 16. The molecule has 0 aromatic carbocycles. The second-order valence-electron chi connectivity index (χ2n) is 27.2. The molecule has 87 heavy (non-hydrogen) atoms. The van der Waals surface area contributed by atoms with Crippen molar-refractivity contribution >= 4 is 65.0 Å². The van der Waals surface area contributed by atoms with Crippen LogP contribution in [-0.2, 0) is 52.7 Å². The molecule has 0 spiro atoms. The maximum atomic E-state index is 15.2. The number of likely N-dealkylation sites (N-methyl/N-ethyl adjacent to an activating group) is 7. The topological polar surface area (TPSA) is 299 Å². The Bertz CT molecular complexity index is 2370. The number of carbonyl (C=O) groups is 11. The molecule has 500 valence electrons. The molecule has 0 saturated carbocycles. The zero-order valence-electron chi connectivity index (χ0n) is 57.6. The highest BCUT2D eigenvalue weighted by Gasteiger charge is 2.47. The van der Waals surface area contributed by atoms with Crippen molar-refractivity contribution in [2.24, 2.45) is 40.9 Å². The van der Waals surface area contributed by atoms with Crippen molar-refractivity contribution in [2.75, 3.05) is 55.9 Å². The summed E-state index contributed by atoms with van der Waals surface area (Å²) in [5.41, 5.74) is -1.36. The molecular formula is C63H115N11O13. The SMILES string of the molecule is CCCC[C@@H](C)[C@@H](O)[C@H]1C(=O)N[C@@H](CC)C(=O)N(C)[C@H](C)C(=O)N(C)[C@@H](C(C)(C)CO)C(=O)N[C@@H](C(C)C)C(=O)N(C)[C@@H](CC(C)C)C(=O)N[C@@H](C)C(=O)N[C@H](C)C(=O)N(C)[C@@H](CC(C)C)C(=O)N(C)[C@@H](CC(C)C)C(=O)N(C)[C@@H](C(C)C)C(=O)N1C. The monoisotopic (exact) mass is 1230 g/mol. The molecule has 1 heterocycles. The number of carbonyl (C=O) groups excluding carboxylic acids is 11. The third-order valence-corrected chi connectivity index (χ3v) is 17.2. The Morgan fingerprint density at radius 3 is 1.36 bits per heavy atom. The first kappa shape index (κ1) is 79.1. The van der Waals surface area contributed by atoms with E-state index in [1.807, 2.05) is 48.5 Å². The Morgan fingerprint density at radius 1 is 0.460 bits per heavy atom. The maximum Gasteiger partial charge on any atom is 0.246 e. The first-order valence-corrected chi connectivity index (χ1v) is 31.4. The lowest BCUT2D eigenvalue weighted by Gasteiger charge is -2.42. The van der Waals surface area contributed by atoms with Crippen LogP contribution in [0.3, 0.4) is 0 Å². The van der Waals surface area contributed by atoms with E-state index in [4.69, 9.17) is 0 Å². The van der Waals surface area contributed by atoms with Crippen molar-refractivity contribution < 1.29 is 63.0 Å². The minimum Gasteiger partial charge on any atom is -0.396 e. The van der Waals surface area contributed by atoms with Crippen LogP contribution in [0, 0.1) is 40.9 Å². The predicted molar refractivity (Wildman–Crippen MR) is 335 cm³/mol. The highest BCUT2D eigenvalue weighted by Crippen LogP contribution is 2.28. The van der Waals surface area contributed by atoms with Gasteiger partial charge in [-0.05, 0) is 88.4 Å². The van der Waals surface area contributed by atoms with Crippen LogP contribution in [0.2, 0.25) is 0 Å². The fourth-order valence-corrected chi connectivity index (χ4v) is 11.3. The third kappa shape index (κ3) is 20.8. The van der Waals surface area contributed by atoms with Gasteiger partial charge in [0.25, 0.3) is 0 Å². The number of hydrogen-bond donors (Lipinski definition) is 6. The number of unbranched alkanes of at least 4 members (excludes halogenated alkanes) is 1. The number of nitrogens with one attached hydrogen (secondary N) is 4. The van der Waals surface area contributed by atoms with E-state index in [0.717, 1.165) is 21.1 Å². The Balaban J connectivity index is 4.41. The molecule has 13 atom stereocenters. The van der Waals surface area contributed by atoms with Gasteiger partial charge in [-0.1, -0.05) is 117 Å². The fraction of sp³-hybridized carbons (Fsp3) is 0.825. The lowest BCUT2D eigenvalue weighted by Crippen LogP contribution is -2.64. The van der Waals surface area contributed by atoms with Crippen LogP contribution in [0.15, 0.2) is 0 Å². The molecule has 0 unspecified atom stereocenters. The number of aliphatic hydroxyl groups excluding tert-OH is 2. The van der Waals surface area contributed by atoms with E-state index >= 15 is 9.59 Å². The van der Waals surface area contributed by atoms with Crippen LogP contribution in [0.5, 0.6) is 0 Å². The molecule has 0 aromatic heterocycles. The minimum absolute atomic E-state index is 0.0107. The molecule has 1 fully saturated rings. The smallest absolute Gasteiger partial charge is 0.246 e. The van der Waals surface area contributed by atoms with Crippen molar-refractivity contribution in [3.8, 4) is 0 Å². The largest absolute Gasteiger partial charge is 0.396 e. The quantitative estimate of drug-likeness (QED) is 0.130. The van der Waals surface area contributed by atoms with Crippen molar-refractivity contribution in [1.82, 2.24) is 55.6 Å². The lowest BCUT2D eigenvalue weighted by atomic mass is 9.83. The summed E-state index contributed by atoms with van der Waals surface area (Å²) >= 11 is 0. The molecule has 24 nitrogen and oxygen atoms in total. The van der Waals surface area contributed by atoms with Gasteiger partial charge in [0.05, 0.1) is 12.7 Å². The van der Waals surface area contributed by atoms with E-state index in [0.29, 0.717) is 12.8 Å². The van der Waals surface area contributed by atoms with E-state index in [9.17, 15) is 53.4 Å². The molecule has 1 rings (SSSR count). The molecule has 0 bridgehead atoms. The second-order valence-corrected chi connectivity index (χ2v) is 27.2. The molecule has 0 aromatic rings. The number of amides is 11. The van der Waals surface area contributed by atoms with Gasteiger partial charge in [-0.15, -0.1) is 0 Å². The van der Waals surface area contributed by atoms with Crippen molar-refractivity contribution in [2.45, 2.75) is 242 Å². The third-order valence-electron chi connectivity index (χ3n) is 17.2. The van der Waals surface area contributed by atoms with Crippen molar-refractivity contribution in [3.05, 3.63) is 0 Å². The van der Waals surface area contributed by atoms with E-state index in [-0.39, 0.29) is 43.4 Å². The Kier molecular flexibility index (Phi) is 31.6. The van der Waals surface area contributed by atoms with Gasteiger partial charge in [0.2, 0.25) is 65.0 Å².